The van der Waals surface area contributed by atoms with Gasteiger partial charge in [0.05, 0.1) is 4.90 Å². The topological polar surface area (TPSA) is 72.2 Å². The summed E-state index contributed by atoms with van der Waals surface area (Å²) in [5.41, 5.74) is 4.37. The Morgan fingerprint density at radius 1 is 1.00 bits per heavy atom. The van der Waals surface area contributed by atoms with E-state index in [4.69, 9.17) is 4.52 Å². The van der Waals surface area contributed by atoms with E-state index >= 15 is 0 Å². The molecular weight excluding hydrogens is 288 g/mol. The van der Waals surface area contributed by atoms with E-state index in [2.05, 4.69) is 9.88 Å². The fourth-order valence-electron chi connectivity index (χ4n) is 2.40. The van der Waals surface area contributed by atoms with Crippen LogP contribution in [0, 0.1) is 41.5 Å². The first-order valence-electron chi connectivity index (χ1n) is 6.68. The summed E-state index contributed by atoms with van der Waals surface area (Å²) in [4.78, 5) is 0.333. The van der Waals surface area contributed by atoms with Crippen molar-refractivity contribution in [1.29, 1.82) is 0 Å². The number of nitrogens with zero attached hydrogens (tertiary/aromatic N) is 1. The fraction of sp³-hybridized carbons (Fsp3) is 0.400. The molecule has 0 aliphatic carbocycles. The number of hydrogen-bond donors (Lipinski definition) is 1. The average molecular weight is 308 g/mol. The van der Waals surface area contributed by atoms with Crippen LogP contribution in [-0.2, 0) is 10.0 Å². The molecule has 0 radical (unpaired) electrons. The van der Waals surface area contributed by atoms with Crippen molar-refractivity contribution in [3.05, 3.63) is 39.8 Å². The maximum absolute atomic E-state index is 12.8. The maximum Gasteiger partial charge on any atom is 0.262 e. The maximum atomic E-state index is 12.8. The van der Waals surface area contributed by atoms with Crippen LogP contribution >= 0.6 is 0 Å². The number of hydrogen-bond acceptors (Lipinski definition) is 4. The third kappa shape index (κ3) is 2.68. The smallest absolute Gasteiger partial charge is 0.262 e. The molecule has 21 heavy (non-hydrogen) atoms. The van der Waals surface area contributed by atoms with Crippen molar-refractivity contribution < 1.29 is 12.9 Å². The van der Waals surface area contributed by atoms with E-state index in [1.165, 1.54) is 0 Å². The quantitative estimate of drug-likeness (QED) is 0.944. The molecule has 0 amide bonds. The van der Waals surface area contributed by atoms with E-state index in [0.29, 0.717) is 22.0 Å². The molecule has 0 aliphatic rings. The first-order valence-corrected chi connectivity index (χ1v) is 8.16. The Morgan fingerprint density at radius 2 is 1.52 bits per heavy atom. The van der Waals surface area contributed by atoms with Gasteiger partial charge in [0.1, 0.15) is 11.4 Å². The second-order valence-corrected chi connectivity index (χ2v) is 7.01. The van der Waals surface area contributed by atoms with Crippen LogP contribution in [0.5, 0.6) is 0 Å². The molecular formula is C15H20N2O3S. The Hall–Kier alpha value is -1.82. The van der Waals surface area contributed by atoms with Crippen LogP contribution in [0.15, 0.2) is 15.5 Å². The Balaban J connectivity index is 2.61. The number of aryl methyl sites for hydroxylation is 4. The molecule has 6 heteroatoms. The molecule has 2 aromatic rings. The van der Waals surface area contributed by atoms with Gasteiger partial charge in [-0.3, -0.25) is 4.72 Å². The van der Waals surface area contributed by atoms with Gasteiger partial charge in [-0.2, -0.15) is 0 Å². The van der Waals surface area contributed by atoms with E-state index in [0.717, 1.165) is 22.3 Å². The number of nitrogens with one attached hydrogen (secondary N) is 1. The summed E-state index contributed by atoms with van der Waals surface area (Å²) in [6.07, 6.45) is 0. The number of anilines is 1. The molecule has 1 N–H and O–H groups in total. The van der Waals surface area contributed by atoms with Gasteiger partial charge in [0.2, 0.25) is 0 Å². The molecule has 0 unspecified atom stereocenters. The first kappa shape index (κ1) is 15.6. The zero-order valence-corrected chi connectivity index (χ0v) is 14.0. The van der Waals surface area contributed by atoms with E-state index in [1.807, 2.05) is 33.8 Å². The lowest BCUT2D eigenvalue weighted by Gasteiger charge is -2.16. The number of sulfonamides is 1. The average Bonchev–Trinajstić information content (AvgIpc) is 2.68. The molecule has 1 heterocycles. The van der Waals surface area contributed by atoms with Gasteiger partial charge >= 0.3 is 0 Å². The van der Waals surface area contributed by atoms with Crippen molar-refractivity contribution >= 4 is 15.7 Å². The molecule has 0 atom stereocenters. The third-order valence-electron chi connectivity index (χ3n) is 3.84. The molecule has 0 saturated carbocycles. The predicted molar refractivity (Wildman–Crippen MR) is 82.2 cm³/mol. The van der Waals surface area contributed by atoms with Crippen LogP contribution in [0.25, 0.3) is 0 Å². The van der Waals surface area contributed by atoms with E-state index < -0.39 is 10.0 Å². The Bertz CT molecular complexity index is 759. The zero-order chi connectivity index (χ0) is 15.9. The highest BCUT2D eigenvalue weighted by molar-refractivity contribution is 7.92. The molecule has 0 spiro atoms. The van der Waals surface area contributed by atoms with E-state index in [9.17, 15) is 8.42 Å². The number of aromatic nitrogens is 1. The lowest BCUT2D eigenvalue weighted by atomic mass is 10.0. The van der Waals surface area contributed by atoms with Gasteiger partial charge in [-0.25, -0.2) is 8.42 Å². The van der Waals surface area contributed by atoms with Crippen molar-refractivity contribution in [2.24, 2.45) is 0 Å². The molecule has 0 fully saturated rings. The van der Waals surface area contributed by atoms with Crippen molar-refractivity contribution in [3.63, 3.8) is 0 Å². The summed E-state index contributed by atoms with van der Waals surface area (Å²) in [7, 11) is -3.68. The molecule has 114 valence electrons. The third-order valence-corrected chi connectivity index (χ3v) is 5.46. The van der Waals surface area contributed by atoms with Gasteiger partial charge in [-0.05, 0) is 63.8 Å². The number of benzene rings is 1. The second-order valence-electron chi connectivity index (χ2n) is 5.39. The van der Waals surface area contributed by atoms with Crippen LogP contribution < -0.4 is 4.72 Å². The molecule has 0 aliphatic heterocycles. The number of rotatable bonds is 3. The molecule has 1 aromatic carbocycles. The molecule has 5 nitrogen and oxygen atoms in total. The monoisotopic (exact) mass is 308 g/mol. The summed E-state index contributed by atoms with van der Waals surface area (Å²) >= 11 is 0. The van der Waals surface area contributed by atoms with Gasteiger partial charge in [-0.15, -0.1) is 0 Å². The summed E-state index contributed by atoms with van der Waals surface area (Å²) < 4.78 is 33.2. The first-order chi connectivity index (χ1) is 9.65. The highest BCUT2D eigenvalue weighted by Gasteiger charge is 2.24. The van der Waals surface area contributed by atoms with Crippen LogP contribution in [0.3, 0.4) is 0 Å². The normalized spacial score (nSPS) is 11.7. The summed E-state index contributed by atoms with van der Waals surface area (Å²) in [5.74, 6) is 0.454. The summed E-state index contributed by atoms with van der Waals surface area (Å²) in [6.45, 7) is 10.9. The Kier molecular flexibility index (Phi) is 3.84. The minimum absolute atomic E-state index is 0.333. The van der Waals surface area contributed by atoms with Crippen LogP contribution in [0.2, 0.25) is 0 Å². The zero-order valence-electron chi connectivity index (χ0n) is 13.2. The van der Waals surface area contributed by atoms with Crippen molar-refractivity contribution in [2.75, 3.05) is 4.72 Å². The highest BCUT2D eigenvalue weighted by Crippen LogP contribution is 2.29. The summed E-state index contributed by atoms with van der Waals surface area (Å²) in [6, 6.07) is 2.00. The lowest BCUT2D eigenvalue weighted by molar-refractivity contribution is 0.393. The SMILES string of the molecule is Cc1cc(C)c(C)c(S(=O)(=O)Nc2c(C)noc2C)c1C. The largest absolute Gasteiger partial charge is 0.359 e. The molecule has 0 saturated heterocycles. The van der Waals surface area contributed by atoms with Gasteiger partial charge < -0.3 is 4.52 Å². The van der Waals surface area contributed by atoms with Gasteiger partial charge in [0.15, 0.2) is 5.76 Å². The standard InChI is InChI=1S/C15H20N2O3S/c1-8-7-9(2)11(4)15(10(8)3)21(18,19)17-14-12(5)16-20-13(14)6/h7,17H,1-6H3. The van der Waals surface area contributed by atoms with Crippen LogP contribution in [0.4, 0.5) is 5.69 Å². The molecule has 2 rings (SSSR count). The van der Waals surface area contributed by atoms with Gasteiger partial charge in [-0.1, -0.05) is 11.2 Å². The van der Waals surface area contributed by atoms with Gasteiger partial charge in [0, 0.05) is 0 Å². The Morgan fingerprint density at radius 3 is 1.95 bits per heavy atom. The van der Waals surface area contributed by atoms with E-state index in [-0.39, 0.29) is 0 Å². The minimum atomic E-state index is -3.68. The van der Waals surface area contributed by atoms with Crippen molar-refractivity contribution in [3.8, 4) is 0 Å². The van der Waals surface area contributed by atoms with Crippen LogP contribution in [0.1, 0.15) is 33.7 Å². The predicted octanol–water partition coefficient (Wildman–Crippen LogP) is 3.33. The molecule has 0 bridgehead atoms. The van der Waals surface area contributed by atoms with Crippen molar-refractivity contribution in [2.45, 2.75) is 46.4 Å². The van der Waals surface area contributed by atoms with Crippen LogP contribution in [-0.4, -0.2) is 13.6 Å². The van der Waals surface area contributed by atoms with E-state index in [1.54, 1.807) is 13.8 Å². The lowest BCUT2D eigenvalue weighted by Crippen LogP contribution is -2.17. The Labute approximate surface area is 125 Å². The minimum Gasteiger partial charge on any atom is -0.359 e. The fourth-order valence-corrected chi connectivity index (χ4v) is 4.19. The van der Waals surface area contributed by atoms with Gasteiger partial charge in [0.25, 0.3) is 10.0 Å². The second kappa shape index (κ2) is 5.18. The summed E-state index contributed by atoms with van der Waals surface area (Å²) in [5, 5.41) is 3.77. The highest BCUT2D eigenvalue weighted by atomic mass is 32.2. The van der Waals surface area contributed by atoms with Crippen molar-refractivity contribution in [1.82, 2.24) is 5.16 Å². The molecule has 1 aromatic heterocycles.